The van der Waals surface area contributed by atoms with Crippen LogP contribution < -0.4 is 15.4 Å². The lowest BCUT2D eigenvalue weighted by molar-refractivity contribution is -0.143. The van der Waals surface area contributed by atoms with Crippen molar-refractivity contribution in [2.24, 2.45) is 5.73 Å². The lowest BCUT2D eigenvalue weighted by Gasteiger charge is -2.34. The van der Waals surface area contributed by atoms with Crippen LogP contribution in [0.5, 0.6) is 5.75 Å². The van der Waals surface area contributed by atoms with E-state index < -0.39 is 42.3 Å². The van der Waals surface area contributed by atoms with E-state index in [1.54, 1.807) is 31.2 Å². The Hall–Kier alpha value is -3.43. The summed E-state index contributed by atoms with van der Waals surface area (Å²) in [4.78, 5) is 62.6. The van der Waals surface area contributed by atoms with Crippen molar-refractivity contribution < 1.29 is 28.7 Å². The maximum absolute atomic E-state index is 12.7. The van der Waals surface area contributed by atoms with Crippen LogP contribution in [0.4, 0.5) is 10.5 Å². The molecule has 136 valence electrons. The van der Waals surface area contributed by atoms with Crippen molar-refractivity contribution in [3.05, 3.63) is 24.3 Å². The molecule has 10 nitrogen and oxygen atoms in total. The van der Waals surface area contributed by atoms with Gasteiger partial charge in [-0.3, -0.25) is 24.1 Å². The lowest BCUT2D eigenvalue weighted by Crippen LogP contribution is -2.52. The van der Waals surface area contributed by atoms with Gasteiger partial charge in [0.1, 0.15) is 12.3 Å². The fourth-order valence-electron chi connectivity index (χ4n) is 2.81. The molecule has 0 bridgehead atoms. The molecular formula is C16H16N4O6. The molecule has 0 saturated carbocycles. The van der Waals surface area contributed by atoms with Crippen LogP contribution in [0.25, 0.3) is 0 Å². The molecule has 10 heteroatoms. The first-order chi connectivity index (χ1) is 12.3. The second-order valence-electron chi connectivity index (χ2n) is 5.70. The molecule has 0 radical (unpaired) electrons. The van der Waals surface area contributed by atoms with E-state index in [-0.39, 0.29) is 18.8 Å². The monoisotopic (exact) mass is 360 g/mol. The first kappa shape index (κ1) is 17.4. The van der Waals surface area contributed by atoms with Crippen molar-refractivity contribution in [2.45, 2.75) is 13.0 Å². The summed E-state index contributed by atoms with van der Waals surface area (Å²) < 4.78 is 5.46. The normalized spacial score (nSPS) is 19.5. The number of nitrogens with zero attached hydrogens (tertiary/aromatic N) is 3. The van der Waals surface area contributed by atoms with Gasteiger partial charge < -0.3 is 15.4 Å². The summed E-state index contributed by atoms with van der Waals surface area (Å²) in [5, 5.41) is 0. The van der Waals surface area contributed by atoms with E-state index in [2.05, 4.69) is 0 Å². The van der Waals surface area contributed by atoms with Crippen LogP contribution in [0.15, 0.2) is 24.3 Å². The summed E-state index contributed by atoms with van der Waals surface area (Å²) >= 11 is 0. The standard InChI is InChI=1S/C16H16N4O6/c1-2-18-14(23)15(24)20(16(18)25)8-12(21)19-7-11(13(17)22)26-10-6-4-3-5-9(10)19/h3-6,11H,2,7-8H2,1H3,(H2,17,22)/t11-/m0/s1. The lowest BCUT2D eigenvalue weighted by atomic mass is 10.1. The number of primary amides is 1. The van der Waals surface area contributed by atoms with E-state index in [9.17, 15) is 24.0 Å². The third-order valence-electron chi connectivity index (χ3n) is 4.14. The van der Waals surface area contributed by atoms with Crippen LogP contribution >= 0.6 is 0 Å². The Morgan fingerprint density at radius 3 is 2.42 bits per heavy atom. The number of carbonyl (C=O) groups is 5. The number of para-hydroxylation sites is 2. The van der Waals surface area contributed by atoms with E-state index in [4.69, 9.17) is 10.5 Å². The van der Waals surface area contributed by atoms with Crippen LogP contribution in [0.2, 0.25) is 0 Å². The van der Waals surface area contributed by atoms with Gasteiger partial charge in [-0.2, -0.15) is 0 Å². The highest BCUT2D eigenvalue weighted by atomic mass is 16.5. The molecule has 26 heavy (non-hydrogen) atoms. The number of ether oxygens (including phenoxy) is 1. The molecule has 1 fully saturated rings. The summed E-state index contributed by atoms with van der Waals surface area (Å²) in [6.45, 7) is 0.787. The molecule has 0 unspecified atom stereocenters. The number of nitrogens with two attached hydrogens (primary N) is 1. The average Bonchev–Trinajstić information content (AvgIpc) is 2.83. The Balaban J connectivity index is 1.85. The number of hydrogen-bond donors (Lipinski definition) is 1. The summed E-state index contributed by atoms with van der Waals surface area (Å²) in [6.07, 6.45) is -1.06. The average molecular weight is 360 g/mol. The van der Waals surface area contributed by atoms with E-state index in [0.29, 0.717) is 10.6 Å². The van der Waals surface area contributed by atoms with Crippen molar-refractivity contribution in [3.63, 3.8) is 0 Å². The molecule has 0 aliphatic carbocycles. The van der Waals surface area contributed by atoms with Gasteiger partial charge in [-0.05, 0) is 19.1 Å². The number of benzene rings is 1. The number of imide groups is 2. The summed E-state index contributed by atoms with van der Waals surface area (Å²) in [5.74, 6) is -3.14. The van der Waals surface area contributed by atoms with Crippen LogP contribution in [0.1, 0.15) is 6.92 Å². The molecular weight excluding hydrogens is 344 g/mol. The third-order valence-corrected chi connectivity index (χ3v) is 4.14. The third kappa shape index (κ3) is 2.75. The van der Waals surface area contributed by atoms with Crippen LogP contribution in [0, 0.1) is 0 Å². The highest BCUT2D eigenvalue weighted by Gasteiger charge is 2.45. The van der Waals surface area contributed by atoms with Gasteiger partial charge in [-0.1, -0.05) is 12.1 Å². The quantitative estimate of drug-likeness (QED) is 0.546. The number of anilines is 1. The Labute approximate surface area is 148 Å². The Bertz CT molecular complexity index is 823. The molecule has 2 aliphatic heterocycles. The van der Waals surface area contributed by atoms with E-state index >= 15 is 0 Å². The minimum atomic E-state index is -1.06. The molecule has 6 amide bonds. The Morgan fingerprint density at radius 2 is 1.81 bits per heavy atom. The zero-order valence-corrected chi connectivity index (χ0v) is 13.9. The van der Waals surface area contributed by atoms with E-state index in [1.807, 2.05) is 0 Å². The molecule has 1 aromatic carbocycles. The first-order valence-corrected chi connectivity index (χ1v) is 7.87. The van der Waals surface area contributed by atoms with Gasteiger partial charge in [-0.15, -0.1) is 0 Å². The number of urea groups is 1. The summed E-state index contributed by atoms with van der Waals surface area (Å²) in [6, 6.07) is 5.65. The van der Waals surface area contributed by atoms with Crippen molar-refractivity contribution in [1.29, 1.82) is 0 Å². The van der Waals surface area contributed by atoms with Crippen molar-refractivity contribution in [3.8, 4) is 5.75 Å². The predicted molar refractivity (Wildman–Crippen MR) is 86.9 cm³/mol. The fraction of sp³-hybridized carbons (Fsp3) is 0.312. The summed E-state index contributed by atoms with van der Waals surface area (Å²) in [5.41, 5.74) is 5.66. The van der Waals surface area contributed by atoms with Gasteiger partial charge in [0.15, 0.2) is 6.10 Å². The van der Waals surface area contributed by atoms with Gasteiger partial charge in [0.05, 0.1) is 12.2 Å². The highest BCUT2D eigenvalue weighted by Crippen LogP contribution is 2.33. The highest BCUT2D eigenvalue weighted by molar-refractivity contribution is 6.45. The Kier molecular flexibility index (Phi) is 4.33. The number of amides is 6. The maximum Gasteiger partial charge on any atom is 0.334 e. The molecule has 0 aromatic heterocycles. The van der Waals surface area contributed by atoms with Crippen LogP contribution in [-0.4, -0.2) is 65.2 Å². The van der Waals surface area contributed by atoms with Gasteiger partial charge in [-0.25, -0.2) is 9.69 Å². The largest absolute Gasteiger partial charge is 0.477 e. The minimum Gasteiger partial charge on any atom is -0.477 e. The van der Waals surface area contributed by atoms with Crippen molar-refractivity contribution >= 4 is 35.3 Å². The van der Waals surface area contributed by atoms with Gasteiger partial charge in [0, 0.05) is 6.54 Å². The Morgan fingerprint density at radius 1 is 1.15 bits per heavy atom. The van der Waals surface area contributed by atoms with Crippen LogP contribution in [-0.2, 0) is 19.2 Å². The molecule has 2 heterocycles. The second kappa shape index (κ2) is 6.47. The van der Waals surface area contributed by atoms with Crippen molar-refractivity contribution in [1.82, 2.24) is 9.80 Å². The second-order valence-corrected chi connectivity index (χ2v) is 5.70. The molecule has 1 aromatic rings. The van der Waals surface area contributed by atoms with Gasteiger partial charge >= 0.3 is 17.8 Å². The van der Waals surface area contributed by atoms with Gasteiger partial charge in [0.2, 0.25) is 5.91 Å². The molecule has 2 aliphatic rings. The molecule has 1 saturated heterocycles. The number of fused-ring (bicyclic) bond motifs is 1. The topological polar surface area (TPSA) is 130 Å². The zero-order valence-electron chi connectivity index (χ0n) is 13.9. The molecule has 2 N–H and O–H groups in total. The molecule has 1 atom stereocenters. The zero-order chi connectivity index (χ0) is 19.0. The maximum atomic E-state index is 12.7. The SMILES string of the molecule is CCN1C(=O)C(=O)N(CC(=O)N2C[C@@H](C(N)=O)Oc3ccccc32)C1=O. The van der Waals surface area contributed by atoms with E-state index in [0.717, 1.165) is 4.90 Å². The summed E-state index contributed by atoms with van der Waals surface area (Å²) in [7, 11) is 0. The fourth-order valence-corrected chi connectivity index (χ4v) is 2.81. The number of hydrogen-bond acceptors (Lipinski definition) is 6. The van der Waals surface area contributed by atoms with Crippen molar-refractivity contribution in [2.75, 3.05) is 24.5 Å². The van der Waals surface area contributed by atoms with Gasteiger partial charge in [0.25, 0.3) is 5.91 Å². The van der Waals surface area contributed by atoms with E-state index in [1.165, 1.54) is 4.90 Å². The predicted octanol–water partition coefficient (Wildman–Crippen LogP) is -0.923. The van der Waals surface area contributed by atoms with Crippen LogP contribution in [0.3, 0.4) is 0 Å². The number of likely N-dealkylation sites (N-methyl/N-ethyl adjacent to an activating group) is 1. The molecule has 3 rings (SSSR count). The smallest absolute Gasteiger partial charge is 0.334 e. The molecule has 0 spiro atoms. The number of rotatable bonds is 4. The first-order valence-electron chi connectivity index (χ1n) is 7.87. The number of carbonyl (C=O) groups excluding carboxylic acids is 5. The minimum absolute atomic E-state index is 0.0260.